The Kier molecular flexibility index (Phi) is 5.86. The molecule has 1 aromatic heterocycles. The molecule has 0 spiro atoms. The molecule has 0 aliphatic carbocycles. The minimum Gasteiger partial charge on any atom is -0.454 e. The van der Waals surface area contributed by atoms with Crippen molar-refractivity contribution in [3.63, 3.8) is 0 Å². The Bertz CT molecular complexity index is 819. The number of nitrogens with zero attached hydrogens (tertiary/aromatic N) is 2. The van der Waals surface area contributed by atoms with Crippen molar-refractivity contribution in [2.75, 3.05) is 11.9 Å². The van der Waals surface area contributed by atoms with Gasteiger partial charge in [0.15, 0.2) is 6.61 Å². The number of aromatic nitrogens is 1. The predicted molar refractivity (Wildman–Crippen MR) is 86.0 cm³/mol. The molecule has 2 rings (SSSR count). The fourth-order valence-electron chi connectivity index (χ4n) is 1.92. The summed E-state index contributed by atoms with van der Waals surface area (Å²) >= 11 is 0. The smallest absolute Gasteiger partial charge is 0.326 e. The quantitative estimate of drug-likeness (QED) is 0.801. The SMILES string of the molecule is N#CCc1ccc(NC(=O)COC(=O)Cn2ccccc2=O)cc1. The number of amides is 1. The van der Waals surface area contributed by atoms with E-state index in [0.717, 1.165) is 5.56 Å². The summed E-state index contributed by atoms with van der Waals surface area (Å²) < 4.78 is 6.03. The van der Waals surface area contributed by atoms with Crippen molar-refractivity contribution in [1.82, 2.24) is 4.57 Å². The molecule has 24 heavy (non-hydrogen) atoms. The molecule has 0 fully saturated rings. The highest BCUT2D eigenvalue weighted by Crippen LogP contribution is 2.09. The molecule has 0 aliphatic rings. The fraction of sp³-hybridized carbons (Fsp3) is 0.176. The highest BCUT2D eigenvalue weighted by atomic mass is 16.5. The van der Waals surface area contributed by atoms with Crippen LogP contribution >= 0.6 is 0 Å². The first-order chi connectivity index (χ1) is 11.6. The molecule has 0 bridgehead atoms. The zero-order valence-electron chi connectivity index (χ0n) is 12.8. The van der Waals surface area contributed by atoms with E-state index in [-0.39, 0.29) is 12.1 Å². The molecule has 122 valence electrons. The summed E-state index contributed by atoms with van der Waals surface area (Å²) in [5.74, 6) is -1.17. The molecule has 0 saturated heterocycles. The van der Waals surface area contributed by atoms with E-state index in [4.69, 9.17) is 10.00 Å². The summed E-state index contributed by atoms with van der Waals surface area (Å²) in [7, 11) is 0. The monoisotopic (exact) mass is 325 g/mol. The minimum absolute atomic E-state index is 0.254. The van der Waals surface area contributed by atoms with Gasteiger partial charge in [-0.2, -0.15) is 5.26 Å². The van der Waals surface area contributed by atoms with E-state index in [1.807, 2.05) is 6.07 Å². The van der Waals surface area contributed by atoms with Crippen molar-refractivity contribution in [3.05, 3.63) is 64.6 Å². The van der Waals surface area contributed by atoms with Crippen molar-refractivity contribution in [3.8, 4) is 6.07 Å². The van der Waals surface area contributed by atoms with Gasteiger partial charge in [-0.1, -0.05) is 18.2 Å². The van der Waals surface area contributed by atoms with Crippen molar-refractivity contribution >= 4 is 17.6 Å². The van der Waals surface area contributed by atoms with Gasteiger partial charge in [-0.25, -0.2) is 0 Å². The molecule has 1 amide bonds. The van der Waals surface area contributed by atoms with Crippen LogP contribution in [0.15, 0.2) is 53.5 Å². The zero-order chi connectivity index (χ0) is 17.4. The van der Waals surface area contributed by atoms with Crippen LogP contribution in [0.2, 0.25) is 0 Å². The van der Waals surface area contributed by atoms with Gasteiger partial charge in [-0.05, 0) is 23.8 Å². The average molecular weight is 325 g/mol. The van der Waals surface area contributed by atoms with Gasteiger partial charge in [-0.15, -0.1) is 0 Å². The number of hydrogen-bond acceptors (Lipinski definition) is 5. The van der Waals surface area contributed by atoms with Crippen LogP contribution in [0.3, 0.4) is 0 Å². The maximum atomic E-state index is 11.7. The summed E-state index contributed by atoms with van der Waals surface area (Å²) in [6.45, 7) is -0.698. The van der Waals surface area contributed by atoms with Gasteiger partial charge in [0, 0.05) is 18.0 Å². The number of benzene rings is 1. The van der Waals surface area contributed by atoms with Gasteiger partial charge in [0.05, 0.1) is 12.5 Å². The van der Waals surface area contributed by atoms with Crippen LogP contribution in [0.25, 0.3) is 0 Å². The summed E-state index contributed by atoms with van der Waals surface area (Å²) in [6, 6.07) is 13.3. The number of hydrogen-bond donors (Lipinski definition) is 1. The molecular formula is C17H15N3O4. The molecule has 1 aromatic carbocycles. The Hall–Kier alpha value is -3.40. The third-order valence-electron chi connectivity index (χ3n) is 3.08. The van der Waals surface area contributed by atoms with Crippen molar-refractivity contribution in [2.45, 2.75) is 13.0 Å². The van der Waals surface area contributed by atoms with Crippen LogP contribution in [0, 0.1) is 11.3 Å². The summed E-state index contributed by atoms with van der Waals surface area (Å²) in [5.41, 5.74) is 1.06. The number of nitriles is 1. The highest BCUT2D eigenvalue weighted by molar-refractivity contribution is 5.92. The molecule has 7 nitrogen and oxygen atoms in total. The first-order valence-electron chi connectivity index (χ1n) is 7.15. The number of nitrogens with one attached hydrogen (secondary N) is 1. The predicted octanol–water partition coefficient (Wildman–Crippen LogP) is 1.10. The van der Waals surface area contributed by atoms with Crippen molar-refractivity contribution < 1.29 is 14.3 Å². The maximum absolute atomic E-state index is 11.7. The number of esters is 1. The third kappa shape index (κ3) is 5.10. The second-order valence-corrected chi connectivity index (χ2v) is 4.91. The number of carbonyl (C=O) groups excluding carboxylic acids is 2. The minimum atomic E-state index is -0.678. The van der Waals surface area contributed by atoms with Crippen LogP contribution in [0.4, 0.5) is 5.69 Å². The number of anilines is 1. The van der Waals surface area contributed by atoms with Crippen LogP contribution in [0.1, 0.15) is 5.56 Å². The van der Waals surface area contributed by atoms with Gasteiger partial charge in [0.2, 0.25) is 0 Å². The summed E-state index contributed by atoms with van der Waals surface area (Å²) in [5, 5.41) is 11.2. The normalized spacial score (nSPS) is 9.79. The lowest BCUT2D eigenvalue weighted by atomic mass is 10.1. The number of carbonyl (C=O) groups is 2. The number of pyridine rings is 1. The van der Waals surface area contributed by atoms with Crippen LogP contribution < -0.4 is 10.9 Å². The Morgan fingerprint density at radius 1 is 1.17 bits per heavy atom. The van der Waals surface area contributed by atoms with E-state index in [1.165, 1.54) is 16.8 Å². The Morgan fingerprint density at radius 2 is 1.92 bits per heavy atom. The molecule has 1 heterocycles. The van der Waals surface area contributed by atoms with Crippen LogP contribution in [0.5, 0.6) is 0 Å². The largest absolute Gasteiger partial charge is 0.454 e. The lowest BCUT2D eigenvalue weighted by Gasteiger charge is -2.08. The zero-order valence-corrected chi connectivity index (χ0v) is 12.8. The molecule has 1 N–H and O–H groups in total. The van der Waals surface area contributed by atoms with Crippen LogP contribution in [-0.4, -0.2) is 23.1 Å². The van der Waals surface area contributed by atoms with Crippen LogP contribution in [-0.2, 0) is 27.3 Å². The van der Waals surface area contributed by atoms with E-state index in [2.05, 4.69) is 5.32 Å². The first-order valence-corrected chi connectivity index (χ1v) is 7.15. The van der Waals surface area contributed by atoms with E-state index >= 15 is 0 Å². The summed E-state index contributed by atoms with van der Waals surface area (Å²) in [4.78, 5) is 34.8. The molecular weight excluding hydrogens is 310 g/mol. The third-order valence-corrected chi connectivity index (χ3v) is 3.08. The van der Waals surface area contributed by atoms with Crippen molar-refractivity contribution in [1.29, 1.82) is 5.26 Å². The number of rotatable bonds is 6. The average Bonchev–Trinajstić information content (AvgIpc) is 2.57. The van der Waals surface area contributed by atoms with Gasteiger partial charge in [0.1, 0.15) is 6.54 Å². The van der Waals surface area contributed by atoms with Gasteiger partial charge < -0.3 is 14.6 Å². The fourth-order valence-corrected chi connectivity index (χ4v) is 1.92. The lowest BCUT2D eigenvalue weighted by Crippen LogP contribution is -2.26. The molecule has 0 radical (unpaired) electrons. The molecule has 0 saturated carbocycles. The van der Waals surface area contributed by atoms with E-state index in [1.54, 1.807) is 36.4 Å². The second-order valence-electron chi connectivity index (χ2n) is 4.91. The van der Waals surface area contributed by atoms with Gasteiger partial charge >= 0.3 is 5.97 Å². The first kappa shape index (κ1) is 17.0. The van der Waals surface area contributed by atoms with Gasteiger partial charge in [0.25, 0.3) is 11.5 Å². The number of ether oxygens (including phenoxy) is 1. The maximum Gasteiger partial charge on any atom is 0.326 e. The van der Waals surface area contributed by atoms with Crippen molar-refractivity contribution in [2.24, 2.45) is 0 Å². The summed E-state index contributed by atoms with van der Waals surface area (Å²) in [6.07, 6.45) is 1.76. The Labute approximate surface area is 138 Å². The molecule has 7 heteroatoms. The lowest BCUT2D eigenvalue weighted by molar-refractivity contribution is -0.147. The molecule has 0 aliphatic heterocycles. The Morgan fingerprint density at radius 3 is 2.58 bits per heavy atom. The van der Waals surface area contributed by atoms with E-state index < -0.39 is 18.5 Å². The topological polar surface area (TPSA) is 101 Å². The second kappa shape index (κ2) is 8.29. The van der Waals surface area contributed by atoms with E-state index in [9.17, 15) is 14.4 Å². The Balaban J connectivity index is 1.80. The molecule has 2 aromatic rings. The molecule has 0 unspecified atom stereocenters. The van der Waals surface area contributed by atoms with Gasteiger partial charge in [-0.3, -0.25) is 14.4 Å². The van der Waals surface area contributed by atoms with E-state index in [0.29, 0.717) is 12.1 Å². The standard InChI is InChI=1S/C17H15N3O4/c18-9-8-13-4-6-14(7-5-13)19-15(21)12-24-17(23)11-20-10-2-1-3-16(20)22/h1-7,10H,8,11-12H2,(H,19,21). The highest BCUT2D eigenvalue weighted by Gasteiger charge is 2.09. The molecule has 0 atom stereocenters.